The van der Waals surface area contributed by atoms with E-state index in [9.17, 15) is 29.3 Å². The normalized spacial score (nSPS) is 15.5. The van der Waals surface area contributed by atoms with Gasteiger partial charge in [0.05, 0.1) is 17.4 Å². The number of amides is 2. The van der Waals surface area contributed by atoms with Crippen molar-refractivity contribution in [2.75, 3.05) is 13.2 Å². The van der Waals surface area contributed by atoms with Gasteiger partial charge in [0.15, 0.2) is 12.4 Å². The van der Waals surface area contributed by atoms with E-state index >= 15 is 0 Å². The second-order valence-electron chi connectivity index (χ2n) is 6.66. The van der Waals surface area contributed by atoms with Gasteiger partial charge in [-0.1, -0.05) is 23.7 Å². The van der Waals surface area contributed by atoms with E-state index in [1.54, 1.807) is 0 Å². The first kappa shape index (κ1) is 21.9. The molecule has 1 atom stereocenters. The van der Waals surface area contributed by atoms with Gasteiger partial charge in [-0.2, -0.15) is 0 Å². The molecule has 0 aromatic heterocycles. The number of ketones is 1. The summed E-state index contributed by atoms with van der Waals surface area (Å²) in [6.07, 6.45) is -0.231. The number of hydrogen-bond donors (Lipinski definition) is 1. The standard InChI is InChI=1S/C20H16ClN3O7/c21-14-7-5-12(6-8-14)17(25)11-31-20(28)13-9-18(26)23(10-13)22-19(27)15-3-1-2-4-16(15)24(29)30/h1-8,13H,9-11H2,(H,22,27)/t13-/m1/s1. The van der Waals surface area contributed by atoms with Crippen LogP contribution in [0.25, 0.3) is 0 Å². The van der Waals surface area contributed by atoms with E-state index in [1.807, 2.05) is 0 Å². The van der Waals surface area contributed by atoms with Gasteiger partial charge in [-0.15, -0.1) is 0 Å². The molecule has 1 heterocycles. The Labute approximate surface area is 180 Å². The number of para-hydroxylation sites is 1. The predicted octanol–water partition coefficient (Wildman–Crippen LogP) is 2.17. The quantitative estimate of drug-likeness (QED) is 0.298. The SMILES string of the molecule is O=C(COC(=O)[C@@H]1CC(=O)N(NC(=O)c2ccccc2[N+](=O)[O-])C1)c1ccc(Cl)cc1. The van der Waals surface area contributed by atoms with Gasteiger partial charge in [-0.05, 0) is 30.3 Å². The number of Topliss-reactive ketones (excluding diaryl/α,β-unsaturated/α-hetero) is 1. The van der Waals surface area contributed by atoms with Gasteiger partial charge in [0, 0.05) is 23.1 Å². The zero-order valence-electron chi connectivity index (χ0n) is 15.9. The number of hydrazine groups is 1. The topological polar surface area (TPSA) is 136 Å². The molecule has 1 aliphatic heterocycles. The van der Waals surface area contributed by atoms with Crippen LogP contribution in [0.4, 0.5) is 5.69 Å². The van der Waals surface area contributed by atoms with Crippen LogP contribution in [-0.4, -0.2) is 46.7 Å². The van der Waals surface area contributed by atoms with Crippen molar-refractivity contribution in [2.45, 2.75) is 6.42 Å². The lowest BCUT2D eigenvalue weighted by atomic mass is 10.1. The summed E-state index contributed by atoms with van der Waals surface area (Å²) < 4.78 is 5.01. The zero-order chi connectivity index (χ0) is 22.5. The zero-order valence-corrected chi connectivity index (χ0v) is 16.7. The number of nitrogens with one attached hydrogen (secondary N) is 1. The number of benzene rings is 2. The van der Waals surface area contributed by atoms with Crippen LogP contribution in [0, 0.1) is 16.0 Å². The molecule has 0 radical (unpaired) electrons. The molecule has 160 valence electrons. The van der Waals surface area contributed by atoms with Crippen LogP contribution in [0.2, 0.25) is 5.02 Å². The molecule has 11 heteroatoms. The fourth-order valence-electron chi connectivity index (χ4n) is 2.95. The summed E-state index contributed by atoms with van der Waals surface area (Å²) in [5, 5.41) is 12.4. The highest BCUT2D eigenvalue weighted by Gasteiger charge is 2.37. The molecule has 2 aromatic carbocycles. The van der Waals surface area contributed by atoms with Crippen molar-refractivity contribution in [2.24, 2.45) is 5.92 Å². The summed E-state index contributed by atoms with van der Waals surface area (Å²) in [5.74, 6) is -3.50. The van der Waals surface area contributed by atoms with E-state index in [1.165, 1.54) is 48.5 Å². The average molecular weight is 446 g/mol. The van der Waals surface area contributed by atoms with Crippen molar-refractivity contribution in [3.05, 3.63) is 74.8 Å². The van der Waals surface area contributed by atoms with Crippen LogP contribution in [0.15, 0.2) is 48.5 Å². The third-order valence-electron chi connectivity index (χ3n) is 4.55. The number of ether oxygens (including phenoxy) is 1. The summed E-state index contributed by atoms with van der Waals surface area (Å²) in [6.45, 7) is -0.688. The highest BCUT2D eigenvalue weighted by Crippen LogP contribution is 2.21. The molecular weight excluding hydrogens is 430 g/mol. The van der Waals surface area contributed by atoms with E-state index in [2.05, 4.69) is 5.43 Å². The molecule has 1 N–H and O–H groups in total. The molecule has 1 aliphatic rings. The molecule has 0 unspecified atom stereocenters. The van der Waals surface area contributed by atoms with E-state index in [4.69, 9.17) is 16.3 Å². The number of carbonyl (C=O) groups is 4. The summed E-state index contributed by atoms with van der Waals surface area (Å²) in [4.78, 5) is 59.2. The van der Waals surface area contributed by atoms with Crippen molar-refractivity contribution < 1.29 is 28.8 Å². The molecule has 31 heavy (non-hydrogen) atoms. The number of nitro benzene ring substituents is 1. The summed E-state index contributed by atoms with van der Waals surface area (Å²) in [5.41, 5.74) is 1.96. The first-order valence-corrected chi connectivity index (χ1v) is 9.44. The smallest absolute Gasteiger partial charge is 0.311 e. The number of rotatable bonds is 7. The number of carbonyl (C=O) groups excluding carboxylic acids is 4. The Kier molecular flexibility index (Phi) is 6.61. The van der Waals surface area contributed by atoms with Crippen LogP contribution in [0.5, 0.6) is 0 Å². The maximum absolute atomic E-state index is 12.4. The van der Waals surface area contributed by atoms with Gasteiger partial charge in [-0.25, -0.2) is 0 Å². The first-order valence-electron chi connectivity index (χ1n) is 9.06. The molecule has 2 aromatic rings. The average Bonchev–Trinajstić information content (AvgIpc) is 3.12. The first-order chi connectivity index (χ1) is 14.8. The third-order valence-corrected chi connectivity index (χ3v) is 4.80. The van der Waals surface area contributed by atoms with Gasteiger partial charge in [0.25, 0.3) is 11.6 Å². The van der Waals surface area contributed by atoms with Crippen molar-refractivity contribution >= 4 is 40.9 Å². The van der Waals surface area contributed by atoms with Crippen molar-refractivity contribution in [1.29, 1.82) is 0 Å². The second-order valence-corrected chi connectivity index (χ2v) is 7.09. The monoisotopic (exact) mass is 445 g/mol. The van der Waals surface area contributed by atoms with Crippen LogP contribution >= 0.6 is 11.6 Å². The Morgan fingerprint density at radius 2 is 1.84 bits per heavy atom. The lowest BCUT2D eigenvalue weighted by Crippen LogP contribution is -2.43. The molecule has 0 spiro atoms. The Bertz CT molecular complexity index is 1050. The molecule has 0 bridgehead atoms. The highest BCUT2D eigenvalue weighted by molar-refractivity contribution is 6.30. The number of nitrogens with zero attached hydrogens (tertiary/aromatic N) is 2. The van der Waals surface area contributed by atoms with Gasteiger partial charge in [0.1, 0.15) is 5.56 Å². The van der Waals surface area contributed by atoms with Crippen LogP contribution in [0.3, 0.4) is 0 Å². The molecular formula is C20H16ClN3O7. The summed E-state index contributed by atoms with van der Waals surface area (Å²) in [7, 11) is 0. The van der Waals surface area contributed by atoms with E-state index in [-0.39, 0.29) is 18.5 Å². The van der Waals surface area contributed by atoms with Crippen LogP contribution < -0.4 is 5.43 Å². The van der Waals surface area contributed by atoms with E-state index in [0.29, 0.717) is 10.6 Å². The molecule has 1 fully saturated rings. The Morgan fingerprint density at radius 3 is 2.52 bits per heavy atom. The Hall–Kier alpha value is -3.79. The largest absolute Gasteiger partial charge is 0.457 e. The minimum absolute atomic E-state index is 0.181. The fraction of sp³-hybridized carbons (Fsp3) is 0.200. The molecule has 10 nitrogen and oxygen atoms in total. The molecule has 3 rings (SSSR count). The number of esters is 1. The van der Waals surface area contributed by atoms with E-state index < -0.39 is 46.7 Å². The lowest BCUT2D eigenvalue weighted by molar-refractivity contribution is -0.385. The maximum Gasteiger partial charge on any atom is 0.311 e. The van der Waals surface area contributed by atoms with Crippen LogP contribution in [0.1, 0.15) is 27.1 Å². The molecule has 2 amide bonds. The van der Waals surface area contributed by atoms with Crippen molar-refractivity contribution in [3.63, 3.8) is 0 Å². The molecule has 0 saturated carbocycles. The fourth-order valence-corrected chi connectivity index (χ4v) is 3.08. The Balaban J connectivity index is 1.56. The second kappa shape index (κ2) is 9.35. The van der Waals surface area contributed by atoms with Gasteiger partial charge < -0.3 is 4.74 Å². The summed E-state index contributed by atoms with van der Waals surface area (Å²) in [6, 6.07) is 11.3. The number of nitro groups is 1. The van der Waals surface area contributed by atoms with Gasteiger partial charge in [-0.3, -0.25) is 39.7 Å². The van der Waals surface area contributed by atoms with Crippen LogP contribution in [-0.2, 0) is 14.3 Å². The number of halogens is 1. The minimum Gasteiger partial charge on any atom is -0.457 e. The number of hydrogen-bond acceptors (Lipinski definition) is 7. The van der Waals surface area contributed by atoms with E-state index in [0.717, 1.165) is 5.01 Å². The van der Waals surface area contributed by atoms with Gasteiger partial charge in [0.2, 0.25) is 5.91 Å². The molecule has 0 aliphatic carbocycles. The lowest BCUT2D eigenvalue weighted by Gasteiger charge is -2.17. The highest BCUT2D eigenvalue weighted by atomic mass is 35.5. The summed E-state index contributed by atoms with van der Waals surface area (Å²) >= 11 is 5.76. The Morgan fingerprint density at radius 1 is 1.16 bits per heavy atom. The predicted molar refractivity (Wildman–Crippen MR) is 107 cm³/mol. The van der Waals surface area contributed by atoms with Gasteiger partial charge >= 0.3 is 5.97 Å². The minimum atomic E-state index is -0.892. The van der Waals surface area contributed by atoms with Crippen molar-refractivity contribution in [1.82, 2.24) is 10.4 Å². The van der Waals surface area contributed by atoms with Crippen molar-refractivity contribution in [3.8, 4) is 0 Å². The third kappa shape index (κ3) is 5.23. The maximum atomic E-state index is 12.4. The molecule has 1 saturated heterocycles.